The van der Waals surface area contributed by atoms with Crippen molar-refractivity contribution in [3.63, 3.8) is 0 Å². The van der Waals surface area contributed by atoms with E-state index in [9.17, 15) is 25.1 Å². The molecule has 0 aliphatic rings. The molecule has 2 N–H and O–H groups in total. The summed E-state index contributed by atoms with van der Waals surface area (Å²) in [5.74, 6) is -0.600. The van der Waals surface area contributed by atoms with E-state index in [4.69, 9.17) is 0 Å². The number of aromatic hydroxyl groups is 2. The monoisotopic (exact) mass is 385 g/mol. The largest absolute Gasteiger partial charge is 0.506 e. The first-order chi connectivity index (χ1) is 13.3. The number of phenols is 1. The normalized spacial score (nSPS) is 11.4. The fraction of sp³-hybridized carbons (Fsp3) is 0.222. The molecule has 0 fully saturated rings. The third kappa shape index (κ3) is 3.95. The first kappa shape index (κ1) is 20.5. The summed E-state index contributed by atoms with van der Waals surface area (Å²) in [7, 11) is 1.52. The number of hydrogen-bond donors (Lipinski definition) is 2. The quantitative estimate of drug-likeness (QED) is 0.247. The van der Waals surface area contributed by atoms with Gasteiger partial charge in [0.05, 0.1) is 10.5 Å². The maximum Gasteiger partial charge on any atom is 0.281 e. The molecular formula is C18H19N5O5. The summed E-state index contributed by atoms with van der Waals surface area (Å²) >= 11 is 0. The molecule has 2 aromatic rings. The van der Waals surface area contributed by atoms with E-state index < -0.39 is 10.5 Å². The van der Waals surface area contributed by atoms with Gasteiger partial charge in [-0.05, 0) is 18.1 Å². The number of rotatable bonds is 7. The highest BCUT2D eigenvalue weighted by Crippen LogP contribution is 2.33. The predicted octanol–water partition coefficient (Wildman–Crippen LogP) is 3.38. The molecule has 0 aliphatic heterocycles. The van der Waals surface area contributed by atoms with Gasteiger partial charge in [0.1, 0.15) is 11.4 Å². The van der Waals surface area contributed by atoms with Crippen LogP contribution in [0.1, 0.15) is 18.1 Å². The highest BCUT2D eigenvalue weighted by Gasteiger charge is 2.19. The van der Waals surface area contributed by atoms with Gasteiger partial charge >= 0.3 is 0 Å². The van der Waals surface area contributed by atoms with Gasteiger partial charge < -0.3 is 10.2 Å². The van der Waals surface area contributed by atoms with Crippen LogP contribution in [-0.4, -0.2) is 33.0 Å². The summed E-state index contributed by atoms with van der Waals surface area (Å²) in [5, 5.41) is 39.0. The number of azo groups is 1. The number of hydrogen-bond acceptors (Lipinski definition) is 8. The molecule has 0 radical (unpaired) electrons. The van der Waals surface area contributed by atoms with Crippen LogP contribution >= 0.6 is 0 Å². The summed E-state index contributed by atoms with van der Waals surface area (Å²) in [6.07, 6.45) is 3.18. The van der Waals surface area contributed by atoms with Crippen molar-refractivity contribution in [2.24, 2.45) is 15.2 Å². The number of phenolic OH excluding ortho intramolecular Hbond substituents is 1. The van der Waals surface area contributed by atoms with Gasteiger partial charge in [0.15, 0.2) is 5.69 Å². The van der Waals surface area contributed by atoms with Crippen molar-refractivity contribution in [2.75, 3.05) is 7.05 Å². The van der Waals surface area contributed by atoms with Crippen LogP contribution in [0.25, 0.3) is 0 Å². The van der Waals surface area contributed by atoms with Crippen molar-refractivity contribution in [2.45, 2.75) is 19.9 Å². The number of allylic oxidation sites excluding steroid dienone is 1. The number of pyridine rings is 1. The fourth-order valence-electron chi connectivity index (χ4n) is 2.59. The molecule has 0 atom stereocenters. The van der Waals surface area contributed by atoms with Crippen molar-refractivity contribution >= 4 is 23.3 Å². The number of aliphatic imine (C=N–C) groups is 1. The van der Waals surface area contributed by atoms with E-state index in [-0.39, 0.29) is 35.2 Å². The van der Waals surface area contributed by atoms with Crippen molar-refractivity contribution in [1.29, 1.82) is 0 Å². The molecule has 0 unspecified atom stereocenters. The molecule has 0 bridgehead atoms. The number of benzene rings is 1. The highest BCUT2D eigenvalue weighted by atomic mass is 16.6. The molecule has 0 spiro atoms. The van der Waals surface area contributed by atoms with E-state index in [2.05, 4.69) is 21.8 Å². The van der Waals surface area contributed by atoms with Crippen LogP contribution in [-0.2, 0) is 13.0 Å². The van der Waals surface area contributed by atoms with E-state index in [1.54, 1.807) is 6.92 Å². The Morgan fingerprint density at radius 1 is 1.32 bits per heavy atom. The number of nitro benzene ring substituents is 1. The second kappa shape index (κ2) is 8.71. The Hall–Kier alpha value is -3.82. The molecular weight excluding hydrogens is 366 g/mol. The Morgan fingerprint density at radius 3 is 2.61 bits per heavy atom. The molecule has 0 aliphatic carbocycles. The zero-order valence-corrected chi connectivity index (χ0v) is 15.4. The van der Waals surface area contributed by atoms with Gasteiger partial charge in [0.25, 0.3) is 11.2 Å². The Balaban J connectivity index is 2.73. The summed E-state index contributed by atoms with van der Waals surface area (Å²) in [6, 6.07) is 3.29. The summed E-state index contributed by atoms with van der Waals surface area (Å²) in [6.45, 7) is 5.36. The van der Waals surface area contributed by atoms with E-state index in [0.717, 1.165) is 22.8 Å². The van der Waals surface area contributed by atoms with Gasteiger partial charge in [0.2, 0.25) is 5.88 Å². The van der Waals surface area contributed by atoms with Crippen LogP contribution in [0.2, 0.25) is 0 Å². The second-order valence-corrected chi connectivity index (χ2v) is 5.64. The zero-order valence-electron chi connectivity index (χ0n) is 15.4. The van der Waals surface area contributed by atoms with Gasteiger partial charge in [-0.2, -0.15) is 0 Å². The maximum absolute atomic E-state index is 12.8. The first-order valence-corrected chi connectivity index (χ1v) is 8.26. The van der Waals surface area contributed by atoms with Crippen LogP contribution in [0.15, 0.2) is 50.9 Å². The molecule has 2 rings (SSSR count). The van der Waals surface area contributed by atoms with Crippen molar-refractivity contribution in [1.82, 2.24) is 4.57 Å². The number of aromatic nitrogens is 1. The lowest BCUT2D eigenvalue weighted by Gasteiger charge is -2.14. The smallest absolute Gasteiger partial charge is 0.281 e. The van der Waals surface area contributed by atoms with Gasteiger partial charge in [-0.15, -0.1) is 16.8 Å². The second-order valence-electron chi connectivity index (χ2n) is 5.64. The predicted molar refractivity (Wildman–Crippen MR) is 104 cm³/mol. The molecule has 0 saturated carbocycles. The lowest BCUT2D eigenvalue weighted by Crippen LogP contribution is -2.22. The standard InChI is InChI=1S/C18H19N5O5/c1-4-8-22-17(25)13(10-19-3)12(5-2)16(18(22)26)21-20-14-9-11(23(27)28)6-7-15(14)24/h4,6-7,9-10,24-25H,1,5,8H2,2-3H3. The van der Waals surface area contributed by atoms with Crippen LogP contribution in [0.5, 0.6) is 11.6 Å². The van der Waals surface area contributed by atoms with Crippen molar-refractivity contribution in [3.8, 4) is 11.6 Å². The zero-order chi connectivity index (χ0) is 20.8. The van der Waals surface area contributed by atoms with Crippen molar-refractivity contribution in [3.05, 3.63) is 62.4 Å². The molecule has 1 aromatic carbocycles. The third-order valence-corrected chi connectivity index (χ3v) is 3.91. The van der Waals surface area contributed by atoms with Crippen LogP contribution in [0.4, 0.5) is 17.1 Å². The Morgan fingerprint density at radius 2 is 2.04 bits per heavy atom. The van der Waals surface area contributed by atoms with E-state index in [1.807, 2.05) is 0 Å². The summed E-state index contributed by atoms with van der Waals surface area (Å²) in [4.78, 5) is 27.0. The minimum absolute atomic E-state index is 0.0315. The lowest BCUT2D eigenvalue weighted by atomic mass is 10.1. The maximum atomic E-state index is 12.8. The SMILES string of the molecule is C=CCn1c(O)c(C=NC)c(CC)c(N=Nc2cc([N+](=O)[O-])ccc2O)c1=O. The molecule has 28 heavy (non-hydrogen) atoms. The molecule has 10 nitrogen and oxygen atoms in total. The average molecular weight is 385 g/mol. The van der Waals surface area contributed by atoms with Gasteiger partial charge in [-0.25, -0.2) is 0 Å². The van der Waals surface area contributed by atoms with Crippen LogP contribution < -0.4 is 5.56 Å². The summed E-state index contributed by atoms with van der Waals surface area (Å²) < 4.78 is 1.06. The Kier molecular flexibility index (Phi) is 6.38. The highest BCUT2D eigenvalue weighted by molar-refractivity contribution is 5.86. The van der Waals surface area contributed by atoms with Crippen LogP contribution in [0, 0.1) is 10.1 Å². The number of nitro groups is 1. The van der Waals surface area contributed by atoms with E-state index >= 15 is 0 Å². The van der Waals surface area contributed by atoms with Crippen molar-refractivity contribution < 1.29 is 15.1 Å². The van der Waals surface area contributed by atoms with Gasteiger partial charge in [-0.3, -0.25) is 24.5 Å². The molecule has 0 amide bonds. The van der Waals surface area contributed by atoms with Gasteiger partial charge in [0, 0.05) is 31.9 Å². The topological polar surface area (TPSA) is 143 Å². The van der Waals surface area contributed by atoms with Gasteiger partial charge in [-0.1, -0.05) is 13.0 Å². The van der Waals surface area contributed by atoms with Crippen LogP contribution in [0.3, 0.4) is 0 Å². The number of nitrogens with zero attached hydrogens (tertiary/aromatic N) is 5. The molecule has 1 aromatic heterocycles. The molecule has 146 valence electrons. The minimum atomic E-state index is -0.636. The molecule has 10 heteroatoms. The average Bonchev–Trinajstić information content (AvgIpc) is 2.67. The third-order valence-electron chi connectivity index (χ3n) is 3.91. The Bertz CT molecular complexity index is 1040. The molecule has 0 saturated heterocycles. The first-order valence-electron chi connectivity index (χ1n) is 8.26. The fourth-order valence-corrected chi connectivity index (χ4v) is 2.59. The van der Waals surface area contributed by atoms with E-state index in [0.29, 0.717) is 17.5 Å². The molecule has 1 heterocycles. The lowest BCUT2D eigenvalue weighted by molar-refractivity contribution is -0.384. The summed E-state index contributed by atoms with van der Waals surface area (Å²) in [5.41, 5.74) is -0.411. The number of non-ortho nitro benzene ring substituents is 1. The Labute approximate surface area is 160 Å². The van der Waals surface area contributed by atoms with E-state index in [1.165, 1.54) is 19.3 Å². The minimum Gasteiger partial charge on any atom is -0.506 e.